The Morgan fingerprint density at radius 3 is 2.76 bits per heavy atom. The van der Waals surface area contributed by atoms with E-state index in [9.17, 15) is 9.00 Å². The van der Waals surface area contributed by atoms with Crippen LogP contribution in [0, 0.1) is 0 Å². The Labute approximate surface area is 112 Å². The fourth-order valence-corrected chi connectivity index (χ4v) is 2.42. The maximum Gasteiger partial charge on any atom is 0.251 e. The molecule has 0 fully saturated rings. The van der Waals surface area contributed by atoms with E-state index >= 15 is 0 Å². The average Bonchev–Trinajstić information content (AvgIpc) is 2.20. The van der Waals surface area contributed by atoms with Gasteiger partial charge < -0.3 is 11.1 Å². The van der Waals surface area contributed by atoms with E-state index in [-0.39, 0.29) is 11.9 Å². The maximum absolute atomic E-state index is 11.8. The predicted octanol–water partition coefficient (Wildman–Crippen LogP) is 1.53. The molecule has 1 amide bonds. The quantitative estimate of drug-likeness (QED) is 0.827. The number of hydrogen-bond donors (Lipinski definition) is 2. The number of hydrogen-bond acceptors (Lipinski definition) is 3. The van der Waals surface area contributed by atoms with Crippen LogP contribution in [0.3, 0.4) is 0 Å². The first-order chi connectivity index (χ1) is 7.90. The normalized spacial score (nSPS) is 14.1. The van der Waals surface area contributed by atoms with Crippen LogP contribution in [-0.4, -0.2) is 28.2 Å². The minimum Gasteiger partial charge on any atom is -0.398 e. The van der Waals surface area contributed by atoms with Crippen LogP contribution in [0.25, 0.3) is 0 Å². The van der Waals surface area contributed by atoms with Crippen molar-refractivity contribution in [1.82, 2.24) is 5.32 Å². The summed E-state index contributed by atoms with van der Waals surface area (Å²) < 4.78 is 11.8. The van der Waals surface area contributed by atoms with Gasteiger partial charge in [0.25, 0.3) is 5.91 Å². The molecule has 0 radical (unpaired) electrons. The molecule has 4 nitrogen and oxygen atoms in total. The molecule has 0 bridgehead atoms. The lowest BCUT2D eigenvalue weighted by Gasteiger charge is -2.12. The lowest BCUT2D eigenvalue weighted by Crippen LogP contribution is -2.36. The SMILES string of the molecule is CC(CS(C)=O)NC(=O)c1ccc(Br)c(N)c1. The molecule has 1 aromatic rings. The Kier molecular flexibility index (Phi) is 5.14. The Hall–Kier alpha value is -0.880. The Balaban J connectivity index is 2.70. The van der Waals surface area contributed by atoms with Gasteiger partial charge in [-0.2, -0.15) is 0 Å². The minimum atomic E-state index is -0.923. The van der Waals surface area contributed by atoms with Crippen LogP contribution in [0.2, 0.25) is 0 Å². The molecule has 17 heavy (non-hydrogen) atoms. The molecule has 0 spiro atoms. The van der Waals surface area contributed by atoms with Crippen molar-refractivity contribution < 1.29 is 9.00 Å². The Morgan fingerprint density at radius 2 is 2.24 bits per heavy atom. The topological polar surface area (TPSA) is 72.2 Å². The molecule has 0 aliphatic rings. The summed E-state index contributed by atoms with van der Waals surface area (Å²) in [5.41, 5.74) is 6.71. The molecule has 0 heterocycles. The number of nitrogens with one attached hydrogen (secondary N) is 1. The molecule has 3 N–H and O–H groups in total. The largest absolute Gasteiger partial charge is 0.398 e. The number of amides is 1. The molecule has 0 saturated heterocycles. The molecule has 0 saturated carbocycles. The van der Waals surface area contributed by atoms with E-state index in [1.807, 2.05) is 6.92 Å². The van der Waals surface area contributed by atoms with Crippen molar-refractivity contribution in [3.8, 4) is 0 Å². The Morgan fingerprint density at radius 1 is 1.59 bits per heavy atom. The van der Waals surface area contributed by atoms with Crippen molar-refractivity contribution in [2.45, 2.75) is 13.0 Å². The van der Waals surface area contributed by atoms with Gasteiger partial charge in [0.15, 0.2) is 0 Å². The van der Waals surface area contributed by atoms with Crippen LogP contribution in [-0.2, 0) is 10.8 Å². The van der Waals surface area contributed by atoms with Crippen molar-refractivity contribution in [1.29, 1.82) is 0 Å². The highest BCUT2D eigenvalue weighted by Gasteiger charge is 2.11. The molecule has 0 aliphatic carbocycles. The van der Waals surface area contributed by atoms with E-state index in [1.165, 1.54) is 0 Å². The van der Waals surface area contributed by atoms with Gasteiger partial charge in [0.2, 0.25) is 0 Å². The summed E-state index contributed by atoms with van der Waals surface area (Å²) in [7, 11) is -0.923. The van der Waals surface area contributed by atoms with E-state index in [0.29, 0.717) is 17.0 Å². The van der Waals surface area contributed by atoms with Crippen LogP contribution in [0.5, 0.6) is 0 Å². The molecule has 1 rings (SSSR count). The second-order valence-electron chi connectivity index (χ2n) is 3.85. The lowest BCUT2D eigenvalue weighted by atomic mass is 10.2. The van der Waals surface area contributed by atoms with Crippen molar-refractivity contribution >= 4 is 38.3 Å². The zero-order valence-corrected chi connectivity index (χ0v) is 12.1. The van der Waals surface area contributed by atoms with Crippen molar-refractivity contribution in [3.05, 3.63) is 28.2 Å². The highest BCUT2D eigenvalue weighted by atomic mass is 79.9. The van der Waals surface area contributed by atoms with Crippen molar-refractivity contribution in [2.24, 2.45) is 0 Å². The number of benzene rings is 1. The van der Waals surface area contributed by atoms with Crippen LogP contribution < -0.4 is 11.1 Å². The molecular weight excluding hydrogens is 304 g/mol. The van der Waals surface area contributed by atoms with Gasteiger partial charge in [-0.05, 0) is 41.1 Å². The maximum atomic E-state index is 11.8. The number of anilines is 1. The van der Waals surface area contributed by atoms with E-state index in [0.717, 1.165) is 4.47 Å². The summed E-state index contributed by atoms with van der Waals surface area (Å²) in [4.78, 5) is 11.8. The second-order valence-corrected chi connectivity index (χ2v) is 6.18. The molecule has 6 heteroatoms. The minimum absolute atomic E-state index is 0.127. The summed E-state index contributed by atoms with van der Waals surface area (Å²) in [6, 6.07) is 4.89. The third kappa shape index (κ3) is 4.47. The smallest absolute Gasteiger partial charge is 0.251 e. The number of nitrogen functional groups attached to an aromatic ring is 1. The molecule has 94 valence electrons. The highest BCUT2D eigenvalue weighted by Crippen LogP contribution is 2.20. The van der Waals surface area contributed by atoms with Gasteiger partial charge in [0.05, 0.1) is 0 Å². The summed E-state index contributed by atoms with van der Waals surface area (Å²) in [5.74, 6) is 0.236. The summed E-state index contributed by atoms with van der Waals surface area (Å²) >= 11 is 3.27. The van der Waals surface area contributed by atoms with Gasteiger partial charge in [0.1, 0.15) is 0 Å². The zero-order valence-electron chi connectivity index (χ0n) is 9.70. The van der Waals surface area contributed by atoms with E-state index in [1.54, 1.807) is 24.5 Å². The third-order valence-electron chi connectivity index (χ3n) is 2.12. The molecule has 2 unspecified atom stereocenters. The number of nitrogens with two attached hydrogens (primary N) is 1. The fraction of sp³-hybridized carbons (Fsp3) is 0.364. The van der Waals surface area contributed by atoms with E-state index in [2.05, 4.69) is 21.2 Å². The molecule has 1 aromatic carbocycles. The summed E-state index contributed by atoms with van der Waals surface area (Å²) in [5, 5.41) is 2.77. The van der Waals surface area contributed by atoms with Gasteiger partial charge in [-0.25, -0.2) is 0 Å². The number of carbonyl (C=O) groups is 1. The van der Waals surface area contributed by atoms with Gasteiger partial charge in [-0.15, -0.1) is 0 Å². The van der Waals surface area contributed by atoms with Crippen molar-refractivity contribution in [3.63, 3.8) is 0 Å². The van der Waals surface area contributed by atoms with Crippen LogP contribution in [0.15, 0.2) is 22.7 Å². The van der Waals surface area contributed by atoms with Crippen molar-refractivity contribution in [2.75, 3.05) is 17.7 Å². The van der Waals surface area contributed by atoms with E-state index < -0.39 is 10.8 Å². The average molecular weight is 319 g/mol. The van der Waals surface area contributed by atoms with Gasteiger partial charge >= 0.3 is 0 Å². The predicted molar refractivity (Wildman–Crippen MR) is 74.4 cm³/mol. The first-order valence-electron chi connectivity index (χ1n) is 5.06. The summed E-state index contributed by atoms with van der Waals surface area (Å²) in [6.07, 6.45) is 1.61. The second kappa shape index (κ2) is 6.16. The lowest BCUT2D eigenvalue weighted by molar-refractivity contribution is 0.0943. The number of carbonyl (C=O) groups excluding carboxylic acids is 1. The van der Waals surface area contributed by atoms with Gasteiger partial charge in [-0.1, -0.05) is 0 Å². The standard InChI is InChI=1S/C11H15BrN2O2S/c1-7(6-17(2)16)14-11(15)8-3-4-9(12)10(13)5-8/h3-5,7H,6,13H2,1-2H3,(H,14,15). The first kappa shape index (κ1) is 14.2. The highest BCUT2D eigenvalue weighted by molar-refractivity contribution is 9.10. The van der Waals surface area contributed by atoms with Crippen LogP contribution in [0.1, 0.15) is 17.3 Å². The number of rotatable bonds is 4. The Bertz CT molecular complexity index is 451. The third-order valence-corrected chi connectivity index (χ3v) is 3.81. The summed E-state index contributed by atoms with van der Waals surface area (Å²) in [6.45, 7) is 1.82. The molecule has 2 atom stereocenters. The van der Waals surface area contributed by atoms with E-state index in [4.69, 9.17) is 5.73 Å². The van der Waals surface area contributed by atoms with Crippen LogP contribution in [0.4, 0.5) is 5.69 Å². The monoisotopic (exact) mass is 318 g/mol. The van der Waals surface area contributed by atoms with Gasteiger partial charge in [0, 0.05) is 44.6 Å². The number of halogens is 1. The van der Waals surface area contributed by atoms with Gasteiger partial charge in [-0.3, -0.25) is 9.00 Å². The van der Waals surface area contributed by atoms with Crippen LogP contribution >= 0.6 is 15.9 Å². The molecule has 0 aromatic heterocycles. The first-order valence-corrected chi connectivity index (χ1v) is 7.58. The zero-order chi connectivity index (χ0) is 13.0. The fourth-order valence-electron chi connectivity index (χ4n) is 1.39. The molecular formula is C11H15BrN2O2S. The molecule has 0 aliphatic heterocycles.